The summed E-state index contributed by atoms with van der Waals surface area (Å²) in [6.07, 6.45) is 3.76. The molecule has 0 rings (SSSR count). The summed E-state index contributed by atoms with van der Waals surface area (Å²) < 4.78 is 5.70. The summed E-state index contributed by atoms with van der Waals surface area (Å²) in [5.74, 6) is 0. The number of ether oxygens (including phenoxy) is 1. The molecule has 12 heavy (non-hydrogen) atoms. The first-order valence-corrected chi connectivity index (χ1v) is 5.75. The molecule has 0 bridgehead atoms. The zero-order valence-electron chi connectivity index (χ0n) is 7.38. The lowest BCUT2D eigenvalue weighted by Gasteiger charge is -2.12. The zero-order chi connectivity index (χ0) is 9.40. The summed E-state index contributed by atoms with van der Waals surface area (Å²) >= 11 is 2.20. The molecule has 0 radical (unpaired) electrons. The van der Waals surface area contributed by atoms with E-state index in [0.717, 1.165) is 17.3 Å². The molecule has 0 fully saturated rings. The topological polar surface area (TPSA) is 52.3 Å². The van der Waals surface area contributed by atoms with Crippen LogP contribution in [-0.4, -0.2) is 16.6 Å². The molecule has 1 atom stereocenters. The van der Waals surface area contributed by atoms with Crippen molar-refractivity contribution in [3.05, 3.63) is 0 Å². The molecule has 0 aromatic rings. The van der Waals surface area contributed by atoms with Crippen molar-refractivity contribution in [2.45, 2.75) is 38.7 Å². The van der Waals surface area contributed by atoms with E-state index in [4.69, 9.17) is 10.5 Å². The Bertz CT molecular complexity index is 130. The molecule has 0 saturated carbocycles. The Morgan fingerprint density at radius 2 is 2.25 bits per heavy atom. The van der Waals surface area contributed by atoms with Crippen molar-refractivity contribution in [1.29, 1.82) is 0 Å². The lowest BCUT2D eigenvalue weighted by atomic mass is 10.1. The van der Waals surface area contributed by atoms with Gasteiger partial charge in [0.25, 0.3) is 0 Å². The Hall–Kier alpha value is 0. The monoisotopic (exact) mass is 285 g/mol. The summed E-state index contributed by atoms with van der Waals surface area (Å²) in [6, 6.07) is 0. The second-order valence-electron chi connectivity index (χ2n) is 2.71. The number of primary amides is 1. The van der Waals surface area contributed by atoms with E-state index >= 15 is 0 Å². The molecule has 0 aliphatic heterocycles. The smallest absolute Gasteiger partial charge is 0.404 e. The predicted octanol–water partition coefficient (Wildman–Crippen LogP) is 2.47. The van der Waals surface area contributed by atoms with Gasteiger partial charge in [0.2, 0.25) is 0 Å². The lowest BCUT2D eigenvalue weighted by Crippen LogP contribution is -2.23. The molecule has 0 spiro atoms. The van der Waals surface area contributed by atoms with Gasteiger partial charge in [-0.05, 0) is 12.8 Å². The average molecular weight is 285 g/mol. The number of carbonyl (C=O) groups is 1. The normalized spacial score (nSPS) is 12.5. The van der Waals surface area contributed by atoms with Crippen LogP contribution in [0.25, 0.3) is 0 Å². The highest BCUT2D eigenvalue weighted by Crippen LogP contribution is 2.09. The Morgan fingerprint density at radius 3 is 2.67 bits per heavy atom. The van der Waals surface area contributed by atoms with Crippen molar-refractivity contribution >= 4 is 28.7 Å². The van der Waals surface area contributed by atoms with Gasteiger partial charge in [0, 0.05) is 4.43 Å². The molecule has 0 aliphatic carbocycles. The number of alkyl halides is 1. The minimum Gasteiger partial charge on any atom is -0.446 e. The van der Waals surface area contributed by atoms with Crippen LogP contribution in [0.3, 0.4) is 0 Å². The number of halogens is 1. The summed E-state index contributed by atoms with van der Waals surface area (Å²) in [7, 11) is 0. The molecular formula is C8H16INO2. The van der Waals surface area contributed by atoms with Gasteiger partial charge in [-0.15, -0.1) is 0 Å². The fourth-order valence-electron chi connectivity index (χ4n) is 0.954. The van der Waals surface area contributed by atoms with E-state index in [9.17, 15) is 4.79 Å². The molecule has 1 amide bonds. The van der Waals surface area contributed by atoms with Gasteiger partial charge in [-0.3, -0.25) is 0 Å². The first-order chi connectivity index (χ1) is 5.70. The van der Waals surface area contributed by atoms with E-state index in [2.05, 4.69) is 29.5 Å². The summed E-state index contributed by atoms with van der Waals surface area (Å²) in [5.41, 5.74) is 4.91. The van der Waals surface area contributed by atoms with Crippen molar-refractivity contribution in [3.63, 3.8) is 0 Å². The van der Waals surface area contributed by atoms with Gasteiger partial charge in [-0.2, -0.15) is 0 Å². The van der Waals surface area contributed by atoms with E-state index in [0.29, 0.717) is 0 Å². The van der Waals surface area contributed by atoms with Gasteiger partial charge < -0.3 is 10.5 Å². The van der Waals surface area contributed by atoms with Crippen LogP contribution >= 0.6 is 22.6 Å². The van der Waals surface area contributed by atoms with E-state index < -0.39 is 6.09 Å². The largest absolute Gasteiger partial charge is 0.446 e. The third kappa shape index (κ3) is 6.69. The van der Waals surface area contributed by atoms with Gasteiger partial charge in [0.15, 0.2) is 0 Å². The molecule has 0 aliphatic rings. The molecule has 3 nitrogen and oxygen atoms in total. The maximum absolute atomic E-state index is 10.4. The minimum absolute atomic E-state index is 0.00894. The molecule has 0 aromatic heterocycles. The number of hydrogen-bond acceptors (Lipinski definition) is 2. The highest BCUT2D eigenvalue weighted by atomic mass is 127. The van der Waals surface area contributed by atoms with Crippen LogP contribution < -0.4 is 5.73 Å². The van der Waals surface area contributed by atoms with Gasteiger partial charge in [0.1, 0.15) is 6.10 Å². The van der Waals surface area contributed by atoms with Gasteiger partial charge in [-0.1, -0.05) is 42.4 Å². The standard InChI is InChI=1S/C8H16INO2/c1-2-3-4-5-7(6-9)12-8(10)11/h7H,2-6H2,1H3,(H2,10,11). The lowest BCUT2D eigenvalue weighted by molar-refractivity contribution is 0.113. The predicted molar refractivity (Wildman–Crippen MR) is 57.5 cm³/mol. The molecule has 72 valence electrons. The highest BCUT2D eigenvalue weighted by Gasteiger charge is 2.09. The SMILES string of the molecule is CCCCCC(CI)OC(N)=O. The average Bonchev–Trinajstić information content (AvgIpc) is 2.02. The number of nitrogens with two attached hydrogens (primary N) is 1. The number of rotatable bonds is 6. The highest BCUT2D eigenvalue weighted by molar-refractivity contribution is 14.1. The van der Waals surface area contributed by atoms with Crippen molar-refractivity contribution < 1.29 is 9.53 Å². The summed E-state index contributed by atoms with van der Waals surface area (Å²) in [6.45, 7) is 2.15. The molecule has 2 N–H and O–H groups in total. The number of amides is 1. The zero-order valence-corrected chi connectivity index (χ0v) is 9.54. The van der Waals surface area contributed by atoms with Gasteiger partial charge in [0.05, 0.1) is 0 Å². The number of carbonyl (C=O) groups excluding carboxylic acids is 1. The Labute approximate surface area is 87.2 Å². The fraction of sp³-hybridized carbons (Fsp3) is 0.875. The van der Waals surface area contributed by atoms with Gasteiger partial charge in [-0.25, -0.2) is 4.79 Å². The first kappa shape index (κ1) is 12.0. The van der Waals surface area contributed by atoms with Crippen molar-refractivity contribution in [3.8, 4) is 0 Å². The number of unbranched alkanes of at least 4 members (excludes halogenated alkanes) is 2. The third-order valence-electron chi connectivity index (χ3n) is 1.58. The van der Waals surface area contributed by atoms with Crippen LogP contribution in [0.5, 0.6) is 0 Å². The van der Waals surface area contributed by atoms with Crippen LogP contribution in [0.15, 0.2) is 0 Å². The second-order valence-corrected chi connectivity index (χ2v) is 3.59. The Kier molecular flexibility index (Phi) is 7.64. The van der Waals surface area contributed by atoms with Gasteiger partial charge >= 0.3 is 6.09 Å². The van der Waals surface area contributed by atoms with E-state index in [1.54, 1.807) is 0 Å². The minimum atomic E-state index is -0.659. The molecule has 4 heteroatoms. The fourth-order valence-corrected chi connectivity index (χ4v) is 1.57. The van der Waals surface area contributed by atoms with Crippen molar-refractivity contribution in [1.82, 2.24) is 0 Å². The quantitative estimate of drug-likeness (QED) is 0.463. The van der Waals surface area contributed by atoms with E-state index in [1.165, 1.54) is 12.8 Å². The van der Waals surface area contributed by atoms with Crippen molar-refractivity contribution in [2.75, 3.05) is 4.43 Å². The van der Waals surface area contributed by atoms with Crippen LogP contribution in [0.1, 0.15) is 32.6 Å². The molecule has 0 saturated heterocycles. The molecule has 0 aromatic carbocycles. The molecule has 0 heterocycles. The second kappa shape index (κ2) is 7.64. The van der Waals surface area contributed by atoms with Crippen LogP contribution in [-0.2, 0) is 4.74 Å². The molecule has 1 unspecified atom stereocenters. The summed E-state index contributed by atoms with van der Waals surface area (Å²) in [5, 5.41) is 0. The Balaban J connectivity index is 3.46. The van der Waals surface area contributed by atoms with E-state index in [-0.39, 0.29) is 6.10 Å². The van der Waals surface area contributed by atoms with Crippen LogP contribution in [0, 0.1) is 0 Å². The number of hydrogen-bond donors (Lipinski definition) is 1. The van der Waals surface area contributed by atoms with Crippen LogP contribution in [0.4, 0.5) is 4.79 Å². The third-order valence-corrected chi connectivity index (χ3v) is 2.57. The Morgan fingerprint density at radius 1 is 1.58 bits per heavy atom. The molecular weight excluding hydrogens is 269 g/mol. The van der Waals surface area contributed by atoms with E-state index in [1.807, 2.05) is 0 Å². The maximum Gasteiger partial charge on any atom is 0.404 e. The first-order valence-electron chi connectivity index (χ1n) is 4.22. The van der Waals surface area contributed by atoms with Crippen LogP contribution in [0.2, 0.25) is 0 Å². The van der Waals surface area contributed by atoms with Crippen molar-refractivity contribution in [2.24, 2.45) is 5.73 Å². The maximum atomic E-state index is 10.4. The summed E-state index contributed by atoms with van der Waals surface area (Å²) in [4.78, 5) is 10.4.